The topological polar surface area (TPSA) is 81.9 Å². The van der Waals surface area contributed by atoms with Crippen LogP contribution in [-0.4, -0.2) is 37.9 Å². The molecule has 0 fully saturated rings. The van der Waals surface area contributed by atoms with E-state index in [0.717, 1.165) is 5.56 Å². The Balaban J connectivity index is 2.17. The van der Waals surface area contributed by atoms with E-state index in [2.05, 4.69) is 20.4 Å². The highest BCUT2D eigenvalue weighted by Gasteiger charge is 2.09. The van der Waals surface area contributed by atoms with E-state index in [9.17, 15) is 4.79 Å². The van der Waals surface area contributed by atoms with E-state index in [1.54, 1.807) is 19.9 Å². The van der Waals surface area contributed by atoms with E-state index in [0.29, 0.717) is 16.8 Å². The van der Waals surface area contributed by atoms with Crippen molar-refractivity contribution < 1.29 is 9.53 Å². The largest absolute Gasteiger partial charge is 0.460 e. The van der Waals surface area contributed by atoms with Crippen molar-refractivity contribution in [2.45, 2.75) is 39.8 Å². The SMILES string of the molecule is CC(C)Nc1cc(-c2ncn(/C=C\C(=O)OC(C)C)n2)cc(Cl)n1. The molecular weight excluding hydrogens is 330 g/mol. The first-order chi connectivity index (χ1) is 11.3. The minimum absolute atomic E-state index is 0.167. The number of esters is 1. The molecule has 0 saturated heterocycles. The number of carbonyl (C=O) groups excluding carboxylic acids is 1. The molecule has 0 amide bonds. The van der Waals surface area contributed by atoms with Crippen LogP contribution in [0, 0.1) is 0 Å². The summed E-state index contributed by atoms with van der Waals surface area (Å²) in [5, 5.41) is 7.83. The van der Waals surface area contributed by atoms with Gasteiger partial charge in [-0.25, -0.2) is 19.4 Å². The third-order valence-corrected chi connectivity index (χ3v) is 2.91. The molecule has 2 rings (SSSR count). The van der Waals surface area contributed by atoms with Crippen molar-refractivity contribution in [3.63, 3.8) is 0 Å². The van der Waals surface area contributed by atoms with Crippen LogP contribution < -0.4 is 5.32 Å². The van der Waals surface area contributed by atoms with Crippen LogP contribution >= 0.6 is 11.6 Å². The molecule has 0 saturated carbocycles. The number of nitrogens with zero attached hydrogens (tertiary/aromatic N) is 4. The fraction of sp³-hybridized carbons (Fsp3) is 0.375. The number of halogens is 1. The van der Waals surface area contributed by atoms with E-state index in [1.165, 1.54) is 23.3 Å². The Morgan fingerprint density at radius 2 is 2.08 bits per heavy atom. The first-order valence-electron chi connectivity index (χ1n) is 7.58. The second-order valence-corrected chi connectivity index (χ2v) is 6.10. The van der Waals surface area contributed by atoms with Gasteiger partial charge >= 0.3 is 5.97 Å². The fourth-order valence-corrected chi connectivity index (χ4v) is 2.09. The summed E-state index contributed by atoms with van der Waals surface area (Å²) >= 11 is 6.05. The summed E-state index contributed by atoms with van der Waals surface area (Å²) in [4.78, 5) is 19.9. The average molecular weight is 350 g/mol. The van der Waals surface area contributed by atoms with Gasteiger partial charge in [0.1, 0.15) is 17.3 Å². The minimum atomic E-state index is -0.433. The number of rotatable bonds is 6. The van der Waals surface area contributed by atoms with Gasteiger partial charge in [-0.3, -0.25) is 0 Å². The molecule has 24 heavy (non-hydrogen) atoms. The number of anilines is 1. The van der Waals surface area contributed by atoms with Gasteiger partial charge in [0.15, 0.2) is 5.82 Å². The van der Waals surface area contributed by atoms with Crippen LogP contribution in [0.2, 0.25) is 5.15 Å². The molecule has 1 N–H and O–H groups in total. The molecule has 128 valence electrons. The maximum absolute atomic E-state index is 11.5. The van der Waals surface area contributed by atoms with E-state index < -0.39 is 5.97 Å². The third-order valence-electron chi connectivity index (χ3n) is 2.71. The highest BCUT2D eigenvalue weighted by atomic mass is 35.5. The van der Waals surface area contributed by atoms with E-state index in [1.807, 2.05) is 19.9 Å². The predicted octanol–water partition coefficient (Wildman–Crippen LogP) is 3.24. The van der Waals surface area contributed by atoms with Gasteiger partial charge in [-0.15, -0.1) is 5.10 Å². The molecule has 7 nitrogen and oxygen atoms in total. The Hall–Kier alpha value is -2.41. The standard InChI is InChI=1S/C16H20ClN5O2/c1-10(2)19-14-8-12(7-13(17)20-14)16-18-9-22(21-16)6-5-15(23)24-11(3)4/h5-11H,1-4H3,(H,19,20)/b6-5-. The third kappa shape index (κ3) is 5.34. The zero-order chi connectivity index (χ0) is 17.7. The summed E-state index contributed by atoms with van der Waals surface area (Å²) in [6.07, 6.45) is 4.11. The van der Waals surface area contributed by atoms with Gasteiger partial charge in [0.25, 0.3) is 0 Å². The molecule has 0 aliphatic rings. The smallest absolute Gasteiger partial charge is 0.332 e. The van der Waals surface area contributed by atoms with Crippen molar-refractivity contribution >= 4 is 29.6 Å². The Morgan fingerprint density at radius 3 is 2.75 bits per heavy atom. The number of ether oxygens (including phenoxy) is 1. The Bertz CT molecular complexity index is 740. The second kappa shape index (κ2) is 7.92. The highest BCUT2D eigenvalue weighted by Crippen LogP contribution is 2.22. The number of carbonyl (C=O) groups is 1. The van der Waals surface area contributed by atoms with Gasteiger partial charge in [0.05, 0.1) is 6.10 Å². The van der Waals surface area contributed by atoms with Gasteiger partial charge in [-0.1, -0.05) is 11.6 Å². The number of pyridine rings is 1. The van der Waals surface area contributed by atoms with Crippen LogP contribution in [0.4, 0.5) is 5.82 Å². The number of nitrogens with one attached hydrogen (secondary N) is 1. The zero-order valence-corrected chi connectivity index (χ0v) is 14.8. The summed E-state index contributed by atoms with van der Waals surface area (Å²) in [7, 11) is 0. The molecular formula is C16H20ClN5O2. The molecule has 2 aromatic rings. The molecule has 0 radical (unpaired) electrons. The zero-order valence-electron chi connectivity index (χ0n) is 14.0. The minimum Gasteiger partial charge on any atom is -0.460 e. The van der Waals surface area contributed by atoms with Crippen molar-refractivity contribution in [2.75, 3.05) is 5.32 Å². The summed E-state index contributed by atoms with van der Waals surface area (Å²) in [6, 6.07) is 3.73. The lowest BCUT2D eigenvalue weighted by Gasteiger charge is -2.09. The first-order valence-corrected chi connectivity index (χ1v) is 7.95. The van der Waals surface area contributed by atoms with Gasteiger partial charge in [-0.05, 0) is 39.8 Å². The van der Waals surface area contributed by atoms with Crippen molar-refractivity contribution in [1.29, 1.82) is 0 Å². The number of hydrogen-bond donors (Lipinski definition) is 1. The second-order valence-electron chi connectivity index (χ2n) is 5.71. The first kappa shape index (κ1) is 17.9. The van der Waals surface area contributed by atoms with Crippen molar-refractivity contribution in [2.24, 2.45) is 0 Å². The lowest BCUT2D eigenvalue weighted by atomic mass is 10.2. The van der Waals surface area contributed by atoms with E-state index in [-0.39, 0.29) is 12.1 Å². The fourth-order valence-electron chi connectivity index (χ4n) is 1.88. The lowest BCUT2D eigenvalue weighted by Crippen LogP contribution is -2.11. The van der Waals surface area contributed by atoms with Crippen LogP contribution in [0.5, 0.6) is 0 Å². The summed E-state index contributed by atoms with van der Waals surface area (Å²) in [5.41, 5.74) is 0.732. The van der Waals surface area contributed by atoms with Gasteiger partial charge in [-0.2, -0.15) is 0 Å². The maximum atomic E-state index is 11.5. The van der Waals surface area contributed by atoms with Crippen molar-refractivity contribution in [3.05, 3.63) is 29.7 Å². The van der Waals surface area contributed by atoms with E-state index in [4.69, 9.17) is 16.3 Å². The predicted molar refractivity (Wildman–Crippen MR) is 93.6 cm³/mol. The van der Waals surface area contributed by atoms with Gasteiger partial charge in [0.2, 0.25) is 0 Å². The van der Waals surface area contributed by atoms with Crippen LogP contribution in [0.25, 0.3) is 17.6 Å². The lowest BCUT2D eigenvalue weighted by molar-refractivity contribution is -0.141. The molecule has 2 heterocycles. The normalized spacial score (nSPS) is 11.5. The Labute approximate surface area is 145 Å². The molecule has 0 spiro atoms. The molecule has 0 aliphatic heterocycles. The molecule has 2 aromatic heterocycles. The summed E-state index contributed by atoms with van der Waals surface area (Å²) < 4.78 is 6.44. The monoisotopic (exact) mass is 349 g/mol. The molecule has 0 unspecified atom stereocenters. The average Bonchev–Trinajstić information content (AvgIpc) is 2.92. The van der Waals surface area contributed by atoms with Crippen molar-refractivity contribution in [1.82, 2.24) is 19.7 Å². The molecule has 0 bridgehead atoms. The maximum Gasteiger partial charge on any atom is 0.332 e. The molecule has 0 atom stereocenters. The van der Waals surface area contributed by atoms with Crippen LogP contribution in [0.15, 0.2) is 24.5 Å². The highest BCUT2D eigenvalue weighted by molar-refractivity contribution is 6.29. The molecule has 0 aliphatic carbocycles. The Morgan fingerprint density at radius 1 is 1.33 bits per heavy atom. The Kier molecular flexibility index (Phi) is 5.92. The molecule has 8 heteroatoms. The quantitative estimate of drug-likeness (QED) is 0.490. The van der Waals surface area contributed by atoms with Crippen LogP contribution in [-0.2, 0) is 9.53 Å². The van der Waals surface area contributed by atoms with Crippen molar-refractivity contribution in [3.8, 4) is 11.4 Å². The summed E-state index contributed by atoms with van der Waals surface area (Å²) in [6.45, 7) is 7.59. The summed E-state index contributed by atoms with van der Waals surface area (Å²) in [5.74, 6) is 0.699. The van der Waals surface area contributed by atoms with Crippen LogP contribution in [0.3, 0.4) is 0 Å². The number of hydrogen-bond acceptors (Lipinski definition) is 6. The van der Waals surface area contributed by atoms with Gasteiger partial charge < -0.3 is 10.1 Å². The van der Waals surface area contributed by atoms with E-state index >= 15 is 0 Å². The van der Waals surface area contributed by atoms with Crippen LogP contribution in [0.1, 0.15) is 27.7 Å². The molecule has 0 aromatic carbocycles. The number of aromatic nitrogens is 4. The van der Waals surface area contributed by atoms with Gasteiger partial charge in [0, 0.05) is 23.9 Å².